The zero-order valence-electron chi connectivity index (χ0n) is 20.4. The highest BCUT2D eigenvalue weighted by atomic mass is 16.5. The number of pyridine rings is 1. The summed E-state index contributed by atoms with van der Waals surface area (Å²) in [7, 11) is 4.96. The van der Waals surface area contributed by atoms with Crippen molar-refractivity contribution in [2.24, 2.45) is 11.8 Å². The number of fused-ring (bicyclic) bond motifs is 1. The van der Waals surface area contributed by atoms with Crippen LogP contribution in [0.2, 0.25) is 0 Å². The fourth-order valence-corrected chi connectivity index (χ4v) is 4.47. The zero-order valence-corrected chi connectivity index (χ0v) is 20.4. The van der Waals surface area contributed by atoms with Gasteiger partial charge in [0.15, 0.2) is 0 Å². The normalized spacial score (nSPS) is 17.6. The van der Waals surface area contributed by atoms with E-state index in [1.165, 1.54) is 13.3 Å². The van der Waals surface area contributed by atoms with Crippen molar-refractivity contribution in [3.05, 3.63) is 47.9 Å². The first-order valence-electron chi connectivity index (χ1n) is 11.6. The summed E-state index contributed by atoms with van der Waals surface area (Å²) < 4.78 is 11.3. The van der Waals surface area contributed by atoms with Gasteiger partial charge in [-0.25, -0.2) is 4.98 Å². The van der Waals surface area contributed by atoms with Gasteiger partial charge >= 0.3 is 0 Å². The largest absolute Gasteiger partial charge is 0.480 e. The number of rotatable bonds is 6. The van der Waals surface area contributed by atoms with Crippen molar-refractivity contribution >= 4 is 40.1 Å². The van der Waals surface area contributed by atoms with Gasteiger partial charge in [0.05, 0.1) is 7.11 Å². The molecule has 1 aromatic carbocycles. The van der Waals surface area contributed by atoms with Crippen LogP contribution in [0.3, 0.4) is 0 Å². The first-order valence-corrected chi connectivity index (χ1v) is 11.6. The quantitative estimate of drug-likeness (QED) is 0.548. The average molecular weight is 479 g/mol. The van der Waals surface area contributed by atoms with Crippen molar-refractivity contribution in [1.29, 1.82) is 0 Å². The molecule has 0 spiro atoms. The Bertz CT molecular complexity index is 1240. The number of methoxy groups -OCH3 is 1. The molecule has 0 radical (unpaired) electrons. The van der Waals surface area contributed by atoms with Crippen LogP contribution in [-0.2, 0) is 9.59 Å². The van der Waals surface area contributed by atoms with Crippen LogP contribution in [0.15, 0.2) is 40.9 Å². The summed E-state index contributed by atoms with van der Waals surface area (Å²) in [6, 6.07) is 8.99. The number of aromatic nitrogens is 1. The highest BCUT2D eigenvalue weighted by Gasteiger charge is 2.33. The Hall–Kier alpha value is -3.88. The van der Waals surface area contributed by atoms with Gasteiger partial charge in [-0.1, -0.05) is 17.7 Å². The van der Waals surface area contributed by atoms with Gasteiger partial charge in [-0.2, -0.15) is 0 Å². The van der Waals surface area contributed by atoms with Crippen molar-refractivity contribution in [2.75, 3.05) is 31.8 Å². The van der Waals surface area contributed by atoms with Crippen LogP contribution in [-0.4, -0.2) is 48.8 Å². The predicted octanol–water partition coefficient (Wildman–Crippen LogP) is 4.23. The number of hydrogen-bond acceptors (Lipinski definition) is 6. The fraction of sp³-hybridized carbons (Fsp3) is 0.385. The maximum absolute atomic E-state index is 13.2. The number of furan rings is 1. The molecule has 0 saturated heterocycles. The molecule has 4 rings (SSSR count). The Morgan fingerprint density at radius 2 is 1.66 bits per heavy atom. The molecule has 0 bridgehead atoms. The highest BCUT2D eigenvalue weighted by molar-refractivity contribution is 6.15. The van der Waals surface area contributed by atoms with Gasteiger partial charge in [0.25, 0.3) is 5.91 Å². The second kappa shape index (κ2) is 10.2. The molecule has 184 valence electrons. The molecule has 3 amide bonds. The van der Waals surface area contributed by atoms with Gasteiger partial charge in [0.2, 0.25) is 23.5 Å². The van der Waals surface area contributed by atoms with Crippen molar-refractivity contribution < 1.29 is 23.5 Å². The van der Waals surface area contributed by atoms with E-state index in [4.69, 9.17) is 9.15 Å². The molecular formula is C26H30N4O5. The van der Waals surface area contributed by atoms with Crippen molar-refractivity contribution in [3.63, 3.8) is 0 Å². The predicted molar refractivity (Wildman–Crippen MR) is 132 cm³/mol. The van der Waals surface area contributed by atoms with E-state index in [1.807, 2.05) is 19.1 Å². The molecule has 1 fully saturated rings. The Morgan fingerprint density at radius 3 is 2.29 bits per heavy atom. The Morgan fingerprint density at radius 1 is 1.00 bits per heavy atom. The first-order chi connectivity index (χ1) is 16.8. The van der Waals surface area contributed by atoms with Gasteiger partial charge in [0.1, 0.15) is 16.7 Å². The van der Waals surface area contributed by atoms with Crippen LogP contribution in [0, 0.1) is 18.8 Å². The molecular weight excluding hydrogens is 448 g/mol. The Balaban J connectivity index is 1.59. The number of benzene rings is 1. The summed E-state index contributed by atoms with van der Waals surface area (Å²) >= 11 is 0. The van der Waals surface area contributed by atoms with Crippen LogP contribution in [0.25, 0.3) is 11.0 Å². The molecule has 3 aromatic rings. The van der Waals surface area contributed by atoms with Gasteiger partial charge < -0.3 is 24.7 Å². The number of carbonyl (C=O) groups is 3. The van der Waals surface area contributed by atoms with Gasteiger partial charge in [-0.05, 0) is 44.7 Å². The number of amides is 3. The monoisotopic (exact) mass is 478 g/mol. The van der Waals surface area contributed by atoms with E-state index in [2.05, 4.69) is 15.6 Å². The molecule has 0 atom stereocenters. The smallest absolute Gasteiger partial charge is 0.293 e. The van der Waals surface area contributed by atoms with E-state index in [-0.39, 0.29) is 41.0 Å². The summed E-state index contributed by atoms with van der Waals surface area (Å²) in [5.74, 6) is -0.754. The third-order valence-corrected chi connectivity index (χ3v) is 6.41. The maximum atomic E-state index is 13.2. The van der Waals surface area contributed by atoms with E-state index < -0.39 is 5.91 Å². The zero-order chi connectivity index (χ0) is 25.1. The van der Waals surface area contributed by atoms with Crippen LogP contribution in [0.4, 0.5) is 11.4 Å². The SMILES string of the molecule is COc1nccc2oc(C(=O)Nc3ccc(C)cc3)c(NC(=O)C3CCC(C(=O)N(C)C)CC3)c12. The molecule has 0 unspecified atom stereocenters. The van der Waals surface area contributed by atoms with Crippen LogP contribution >= 0.6 is 0 Å². The van der Waals surface area contributed by atoms with E-state index in [1.54, 1.807) is 37.2 Å². The molecule has 1 aliphatic carbocycles. The number of ether oxygens (including phenoxy) is 1. The molecule has 2 N–H and O–H groups in total. The highest BCUT2D eigenvalue weighted by Crippen LogP contribution is 2.38. The van der Waals surface area contributed by atoms with Crippen LogP contribution < -0.4 is 15.4 Å². The molecule has 1 saturated carbocycles. The second-order valence-electron chi connectivity index (χ2n) is 9.09. The Labute approximate surface area is 203 Å². The van der Waals surface area contributed by atoms with Crippen LogP contribution in [0.5, 0.6) is 5.88 Å². The molecule has 9 nitrogen and oxygen atoms in total. The minimum absolute atomic E-state index is 0.0308. The number of nitrogens with one attached hydrogen (secondary N) is 2. The molecule has 1 aliphatic rings. The lowest BCUT2D eigenvalue weighted by molar-refractivity contribution is -0.135. The van der Waals surface area contributed by atoms with Crippen molar-refractivity contribution in [2.45, 2.75) is 32.6 Å². The molecule has 0 aliphatic heterocycles. The van der Waals surface area contributed by atoms with E-state index in [0.29, 0.717) is 42.3 Å². The lowest BCUT2D eigenvalue weighted by Gasteiger charge is -2.28. The maximum Gasteiger partial charge on any atom is 0.293 e. The standard InChI is InChI=1S/C26H30N4O5/c1-15-5-11-18(12-6-15)28-24(32)22-21(20-19(35-22)13-14-27-25(20)34-4)29-23(31)16-7-9-17(10-8-16)26(33)30(2)3/h5-6,11-14,16-17H,7-10H2,1-4H3,(H,28,32)(H,29,31). The van der Waals surface area contributed by atoms with Crippen molar-refractivity contribution in [3.8, 4) is 5.88 Å². The summed E-state index contributed by atoms with van der Waals surface area (Å²) in [6.45, 7) is 1.96. The van der Waals surface area contributed by atoms with Crippen LogP contribution in [0.1, 0.15) is 41.8 Å². The molecule has 35 heavy (non-hydrogen) atoms. The first kappa shape index (κ1) is 24.3. The summed E-state index contributed by atoms with van der Waals surface area (Å²) in [4.78, 5) is 44.5. The minimum Gasteiger partial charge on any atom is -0.480 e. The number of aryl methyl sites for hydroxylation is 1. The average Bonchev–Trinajstić information content (AvgIpc) is 3.23. The third-order valence-electron chi connectivity index (χ3n) is 6.41. The minimum atomic E-state index is -0.498. The fourth-order valence-electron chi connectivity index (χ4n) is 4.47. The molecule has 9 heteroatoms. The number of hydrogen-bond donors (Lipinski definition) is 2. The number of nitrogens with zero attached hydrogens (tertiary/aromatic N) is 2. The second-order valence-corrected chi connectivity index (χ2v) is 9.09. The van der Waals surface area contributed by atoms with E-state index in [9.17, 15) is 14.4 Å². The lowest BCUT2D eigenvalue weighted by Crippen LogP contribution is -2.35. The summed E-state index contributed by atoms with van der Waals surface area (Å²) in [5.41, 5.74) is 2.28. The van der Waals surface area contributed by atoms with Gasteiger partial charge in [-0.3, -0.25) is 14.4 Å². The van der Waals surface area contributed by atoms with Gasteiger partial charge in [0, 0.05) is 43.9 Å². The van der Waals surface area contributed by atoms with E-state index >= 15 is 0 Å². The summed E-state index contributed by atoms with van der Waals surface area (Å²) in [6.07, 6.45) is 3.99. The number of anilines is 2. The van der Waals surface area contributed by atoms with Crippen molar-refractivity contribution in [1.82, 2.24) is 9.88 Å². The van der Waals surface area contributed by atoms with Gasteiger partial charge in [-0.15, -0.1) is 0 Å². The summed E-state index contributed by atoms with van der Waals surface area (Å²) in [5, 5.41) is 6.16. The molecule has 2 heterocycles. The lowest BCUT2D eigenvalue weighted by atomic mass is 9.81. The third kappa shape index (κ3) is 5.13. The number of carbonyl (C=O) groups excluding carboxylic acids is 3. The Kier molecular flexibility index (Phi) is 7.04. The topological polar surface area (TPSA) is 114 Å². The molecule has 2 aromatic heterocycles. The van der Waals surface area contributed by atoms with E-state index in [0.717, 1.165) is 5.56 Å².